The van der Waals surface area contributed by atoms with Crippen molar-refractivity contribution in [3.05, 3.63) is 29.6 Å². The molecule has 0 aliphatic heterocycles. The Bertz CT molecular complexity index is 544. The molecule has 1 aliphatic carbocycles. The Morgan fingerprint density at radius 1 is 1.41 bits per heavy atom. The van der Waals surface area contributed by atoms with Crippen LogP contribution in [-0.4, -0.2) is 15.2 Å². The summed E-state index contributed by atoms with van der Waals surface area (Å²) in [6, 6.07) is 5.13. The van der Waals surface area contributed by atoms with Gasteiger partial charge in [-0.3, -0.25) is 0 Å². The van der Waals surface area contributed by atoms with Gasteiger partial charge in [0.1, 0.15) is 5.75 Å². The number of benzene rings is 1. The van der Waals surface area contributed by atoms with E-state index < -0.39 is 0 Å². The normalized spacial score (nSPS) is 15.1. The van der Waals surface area contributed by atoms with Crippen LogP contribution in [0.25, 0.3) is 11.5 Å². The third-order valence-electron chi connectivity index (χ3n) is 3.08. The van der Waals surface area contributed by atoms with Gasteiger partial charge in [0.2, 0.25) is 0 Å². The topological polar surface area (TPSA) is 59.2 Å². The van der Waals surface area contributed by atoms with E-state index in [9.17, 15) is 5.11 Å². The molecule has 4 nitrogen and oxygen atoms in total. The molecule has 88 valence electrons. The molecule has 0 unspecified atom stereocenters. The van der Waals surface area contributed by atoms with E-state index in [0.717, 1.165) is 29.3 Å². The van der Waals surface area contributed by atoms with E-state index in [1.165, 1.54) is 12.8 Å². The average molecular weight is 230 g/mol. The first-order valence-corrected chi connectivity index (χ1v) is 5.85. The molecule has 0 spiro atoms. The summed E-state index contributed by atoms with van der Waals surface area (Å²) in [7, 11) is 0. The molecule has 0 atom stereocenters. The van der Waals surface area contributed by atoms with Crippen LogP contribution in [0.15, 0.2) is 22.7 Å². The molecular formula is C13H14N2O2. The number of rotatable bonds is 3. The zero-order chi connectivity index (χ0) is 11.8. The second kappa shape index (κ2) is 3.87. The summed E-state index contributed by atoms with van der Waals surface area (Å²) in [5, 5.41) is 13.3. The Hall–Kier alpha value is -1.84. The number of phenolic OH excluding ortho intramolecular Hbond substituents is 1. The van der Waals surface area contributed by atoms with E-state index in [0.29, 0.717) is 5.89 Å². The zero-order valence-corrected chi connectivity index (χ0v) is 9.68. The zero-order valence-electron chi connectivity index (χ0n) is 9.68. The fourth-order valence-corrected chi connectivity index (χ4v) is 1.91. The molecule has 1 aromatic carbocycles. The van der Waals surface area contributed by atoms with E-state index in [4.69, 9.17) is 4.52 Å². The predicted octanol–water partition coefficient (Wildman–Crippen LogP) is 2.70. The van der Waals surface area contributed by atoms with Gasteiger partial charge in [0.15, 0.2) is 5.82 Å². The van der Waals surface area contributed by atoms with E-state index in [2.05, 4.69) is 10.1 Å². The molecule has 0 bridgehead atoms. The number of hydrogen-bond donors (Lipinski definition) is 1. The van der Waals surface area contributed by atoms with Crippen LogP contribution in [0.5, 0.6) is 5.75 Å². The minimum Gasteiger partial charge on any atom is -0.508 e. The molecule has 1 fully saturated rings. The van der Waals surface area contributed by atoms with Crippen molar-refractivity contribution >= 4 is 0 Å². The highest BCUT2D eigenvalue weighted by molar-refractivity contribution is 5.59. The smallest absolute Gasteiger partial charge is 0.258 e. The Morgan fingerprint density at radius 3 is 2.94 bits per heavy atom. The number of nitrogens with zero attached hydrogens (tertiary/aromatic N) is 2. The molecule has 1 saturated carbocycles. The summed E-state index contributed by atoms with van der Waals surface area (Å²) in [5.74, 6) is 2.33. The van der Waals surface area contributed by atoms with Gasteiger partial charge in [-0.25, -0.2) is 0 Å². The maximum atomic E-state index is 9.35. The monoisotopic (exact) mass is 230 g/mol. The predicted molar refractivity (Wildman–Crippen MR) is 62.6 cm³/mol. The van der Waals surface area contributed by atoms with Crippen LogP contribution in [0.1, 0.15) is 24.2 Å². The van der Waals surface area contributed by atoms with Crippen LogP contribution in [0.2, 0.25) is 0 Å². The van der Waals surface area contributed by atoms with Crippen LogP contribution in [0.4, 0.5) is 0 Å². The fraction of sp³-hybridized carbons (Fsp3) is 0.385. The minimum atomic E-state index is 0.254. The third-order valence-corrected chi connectivity index (χ3v) is 3.08. The molecule has 1 heterocycles. The summed E-state index contributed by atoms with van der Waals surface area (Å²) in [5.41, 5.74) is 1.82. The van der Waals surface area contributed by atoms with Crippen molar-refractivity contribution < 1.29 is 9.63 Å². The van der Waals surface area contributed by atoms with Crippen molar-refractivity contribution in [3.63, 3.8) is 0 Å². The molecule has 2 aromatic rings. The number of hydrogen-bond acceptors (Lipinski definition) is 4. The van der Waals surface area contributed by atoms with E-state index in [-0.39, 0.29) is 5.75 Å². The largest absolute Gasteiger partial charge is 0.508 e. The van der Waals surface area contributed by atoms with Crippen molar-refractivity contribution in [1.29, 1.82) is 0 Å². The van der Waals surface area contributed by atoms with Gasteiger partial charge in [-0.15, -0.1) is 0 Å². The van der Waals surface area contributed by atoms with E-state index in [1.54, 1.807) is 18.2 Å². The number of aryl methyl sites for hydroxylation is 1. The number of aromatic nitrogens is 2. The quantitative estimate of drug-likeness (QED) is 0.880. The molecular weight excluding hydrogens is 216 g/mol. The van der Waals surface area contributed by atoms with Crippen molar-refractivity contribution in [3.8, 4) is 17.2 Å². The summed E-state index contributed by atoms with van der Waals surface area (Å²) in [4.78, 5) is 4.39. The molecule has 1 N–H and O–H groups in total. The highest BCUT2D eigenvalue weighted by Crippen LogP contribution is 2.32. The summed E-state index contributed by atoms with van der Waals surface area (Å²) < 4.78 is 5.26. The Morgan fingerprint density at radius 2 is 2.24 bits per heavy atom. The minimum absolute atomic E-state index is 0.254. The van der Waals surface area contributed by atoms with Gasteiger partial charge in [0, 0.05) is 12.0 Å². The van der Waals surface area contributed by atoms with Crippen LogP contribution >= 0.6 is 0 Å². The maximum Gasteiger partial charge on any atom is 0.258 e. The Labute approximate surface area is 99.3 Å². The first-order chi connectivity index (χ1) is 8.22. The van der Waals surface area contributed by atoms with E-state index in [1.807, 2.05) is 6.92 Å². The molecule has 0 saturated heterocycles. The van der Waals surface area contributed by atoms with Gasteiger partial charge in [0.25, 0.3) is 5.89 Å². The van der Waals surface area contributed by atoms with Crippen LogP contribution < -0.4 is 0 Å². The van der Waals surface area contributed by atoms with Gasteiger partial charge in [-0.05, 0) is 49.4 Å². The van der Waals surface area contributed by atoms with E-state index >= 15 is 0 Å². The number of aromatic hydroxyl groups is 1. The third kappa shape index (κ3) is 2.16. The Kier molecular flexibility index (Phi) is 2.35. The highest BCUT2D eigenvalue weighted by Gasteiger charge is 2.24. The lowest BCUT2D eigenvalue weighted by molar-refractivity contribution is 0.420. The van der Waals surface area contributed by atoms with Crippen LogP contribution in [0.3, 0.4) is 0 Å². The second-order valence-electron chi connectivity index (χ2n) is 4.66. The fourth-order valence-electron chi connectivity index (χ4n) is 1.91. The summed E-state index contributed by atoms with van der Waals surface area (Å²) in [6.45, 7) is 1.92. The lowest BCUT2D eigenvalue weighted by Gasteiger charge is -2.00. The molecule has 0 radical (unpaired) electrons. The van der Waals surface area contributed by atoms with Gasteiger partial charge in [0.05, 0.1) is 0 Å². The molecule has 1 aliphatic rings. The molecule has 3 rings (SSSR count). The van der Waals surface area contributed by atoms with Gasteiger partial charge >= 0.3 is 0 Å². The maximum absolute atomic E-state index is 9.35. The lowest BCUT2D eigenvalue weighted by atomic mass is 10.1. The highest BCUT2D eigenvalue weighted by atomic mass is 16.5. The first-order valence-electron chi connectivity index (χ1n) is 5.85. The first kappa shape index (κ1) is 10.3. The van der Waals surface area contributed by atoms with Crippen LogP contribution in [-0.2, 0) is 6.42 Å². The SMILES string of the molecule is Cc1cc(O)ccc1-c1nc(CC2CC2)no1. The number of phenols is 1. The van der Waals surface area contributed by atoms with Gasteiger partial charge in [-0.1, -0.05) is 5.16 Å². The van der Waals surface area contributed by atoms with Crippen LogP contribution in [0, 0.1) is 12.8 Å². The molecule has 17 heavy (non-hydrogen) atoms. The van der Waals surface area contributed by atoms with Crippen molar-refractivity contribution in [2.24, 2.45) is 5.92 Å². The van der Waals surface area contributed by atoms with Gasteiger partial charge < -0.3 is 9.63 Å². The second-order valence-corrected chi connectivity index (χ2v) is 4.66. The molecule has 0 amide bonds. The van der Waals surface area contributed by atoms with Crippen molar-refractivity contribution in [1.82, 2.24) is 10.1 Å². The molecule has 4 heteroatoms. The van der Waals surface area contributed by atoms with Gasteiger partial charge in [-0.2, -0.15) is 4.98 Å². The lowest BCUT2D eigenvalue weighted by Crippen LogP contribution is -1.89. The van der Waals surface area contributed by atoms with Crippen molar-refractivity contribution in [2.45, 2.75) is 26.2 Å². The van der Waals surface area contributed by atoms with Crippen molar-refractivity contribution in [2.75, 3.05) is 0 Å². The molecule has 1 aromatic heterocycles. The summed E-state index contributed by atoms with van der Waals surface area (Å²) in [6.07, 6.45) is 3.48. The average Bonchev–Trinajstić information content (AvgIpc) is 2.96. The Balaban J connectivity index is 1.89. The standard InChI is InChI=1S/C13H14N2O2/c1-8-6-10(16)4-5-11(8)13-14-12(15-17-13)7-9-2-3-9/h4-6,9,16H,2-3,7H2,1H3. The summed E-state index contributed by atoms with van der Waals surface area (Å²) >= 11 is 0.